The zero-order valence-electron chi connectivity index (χ0n) is 39.5. The van der Waals surface area contributed by atoms with E-state index in [1.54, 1.807) is 0 Å². The molecule has 8 heterocycles. The molecule has 0 aliphatic carbocycles. The van der Waals surface area contributed by atoms with Gasteiger partial charge in [-0.15, -0.1) is 0 Å². The predicted molar refractivity (Wildman–Crippen MR) is 306 cm³/mol. The molecule has 4 aliphatic heterocycles. The smallest absolute Gasteiger partial charge is 0.256 e. The minimum atomic E-state index is -0.0183. The molecule has 0 atom stereocenters. The zero-order valence-corrected chi connectivity index (χ0v) is 39.5. The Balaban J connectivity index is 0.949. The van der Waals surface area contributed by atoms with Crippen LogP contribution in [0.1, 0.15) is 0 Å². The number of nitrogens with zero attached hydrogens (tertiary/aromatic N) is 4. The summed E-state index contributed by atoms with van der Waals surface area (Å²) in [5.41, 5.74) is 21.3. The summed E-state index contributed by atoms with van der Waals surface area (Å²) in [5.74, 6) is 3.60. The normalized spacial score (nSPS) is 13.6. The number of hydrogen-bond donors (Lipinski definition) is 0. The van der Waals surface area contributed by atoms with Gasteiger partial charge in [0.05, 0.1) is 44.5 Å². The quantitative estimate of drug-likeness (QED) is 0.162. The SMILES string of the molecule is c1ccc2c(c1)Oc1cc(-n3c4ccccc4c4ccccc43)cc3c1B2c1cccc2c4c5c6cccc7c6n(c5ccc4n-3c12)-c1cc(-n2c3ccccc3c3ccccc32)cc2c1B7c1ccccc1O2. The highest BCUT2D eigenvalue weighted by Crippen LogP contribution is 2.47. The van der Waals surface area contributed by atoms with E-state index in [1.807, 2.05) is 0 Å². The molecule has 0 amide bonds. The van der Waals surface area contributed by atoms with E-state index in [2.05, 4.69) is 237 Å². The second-order valence-corrected chi connectivity index (χ2v) is 20.7. The first kappa shape index (κ1) is 38.1. The van der Waals surface area contributed by atoms with Crippen LogP contribution in [0.3, 0.4) is 0 Å². The van der Waals surface area contributed by atoms with Crippen molar-refractivity contribution in [1.82, 2.24) is 18.3 Å². The molecular formula is C66H36B2N4O2. The number of hydrogen-bond acceptors (Lipinski definition) is 2. The average molecular weight is 939 g/mol. The molecule has 0 bridgehead atoms. The first-order chi connectivity index (χ1) is 36.7. The fourth-order valence-electron chi connectivity index (χ4n) is 14.5. The molecule has 74 heavy (non-hydrogen) atoms. The molecule has 338 valence electrons. The van der Waals surface area contributed by atoms with E-state index in [9.17, 15) is 0 Å². The van der Waals surface area contributed by atoms with E-state index in [-0.39, 0.29) is 13.4 Å². The molecule has 0 N–H and O–H groups in total. The average Bonchev–Trinajstić information content (AvgIpc) is 4.28. The minimum absolute atomic E-state index is 0.0183. The van der Waals surface area contributed by atoms with Crippen LogP contribution in [0.4, 0.5) is 0 Å². The summed E-state index contributed by atoms with van der Waals surface area (Å²) in [7, 11) is 0. The molecule has 0 saturated heterocycles. The molecule has 0 fully saturated rings. The van der Waals surface area contributed by atoms with Gasteiger partial charge in [-0.25, -0.2) is 0 Å². The van der Waals surface area contributed by atoms with Gasteiger partial charge in [0.2, 0.25) is 0 Å². The lowest BCUT2D eigenvalue weighted by Crippen LogP contribution is -2.58. The first-order valence-corrected chi connectivity index (χ1v) is 25.7. The predicted octanol–water partition coefficient (Wildman–Crippen LogP) is 11.9. The number of para-hydroxylation sites is 8. The van der Waals surface area contributed by atoms with Crippen LogP contribution in [-0.2, 0) is 0 Å². The maximum absolute atomic E-state index is 7.09. The second kappa shape index (κ2) is 13.2. The van der Waals surface area contributed by atoms with E-state index in [0.717, 1.165) is 45.7 Å². The molecule has 4 aromatic heterocycles. The highest BCUT2D eigenvalue weighted by atomic mass is 16.5. The van der Waals surface area contributed by atoms with Crippen molar-refractivity contribution in [2.24, 2.45) is 0 Å². The Bertz CT molecular complexity index is 4700. The number of ether oxygens (including phenoxy) is 2. The van der Waals surface area contributed by atoms with Crippen molar-refractivity contribution in [3.05, 3.63) is 218 Å². The molecule has 0 spiro atoms. The third-order valence-corrected chi connectivity index (χ3v) is 17.2. The summed E-state index contributed by atoms with van der Waals surface area (Å²) in [6.45, 7) is -0.0367. The van der Waals surface area contributed by atoms with Gasteiger partial charge in [0.15, 0.2) is 0 Å². The molecule has 19 rings (SSSR count). The highest BCUT2D eigenvalue weighted by molar-refractivity contribution is 7.00. The maximum Gasteiger partial charge on any atom is 0.256 e. The Kier molecular flexibility index (Phi) is 6.82. The standard InChI is InChI=1S/C66H36B2N4O2/c1-7-25-49-39(15-1)40-16-2-8-26-50(40)69(49)37-33-55-63-59(35-37)73-57-29-11-5-21-45(57)67(63)47-23-13-19-43-61-53(71(55)65(43)47)31-32-54-62(61)44-20-14-24-48-66(44)72(54)56-34-38(36-60-64(56)68(48)46-22-6-12-30-58(46)74-60)70-51-27-9-3-17-41(51)42-18-4-10-28-52(42)70/h1-36H. The van der Waals surface area contributed by atoms with Crippen LogP contribution in [0.2, 0.25) is 0 Å². The van der Waals surface area contributed by atoms with Gasteiger partial charge < -0.3 is 27.7 Å². The van der Waals surface area contributed by atoms with Crippen molar-refractivity contribution >= 4 is 133 Å². The van der Waals surface area contributed by atoms with Gasteiger partial charge in [0.1, 0.15) is 23.0 Å². The molecular weight excluding hydrogens is 902 g/mol. The van der Waals surface area contributed by atoms with Gasteiger partial charge in [-0.3, -0.25) is 0 Å². The molecule has 0 unspecified atom stereocenters. The molecule has 0 saturated carbocycles. The van der Waals surface area contributed by atoms with Crippen LogP contribution in [0, 0.1) is 0 Å². The summed E-state index contributed by atoms with van der Waals surface area (Å²) in [4.78, 5) is 0. The van der Waals surface area contributed by atoms with Crippen molar-refractivity contribution in [3.63, 3.8) is 0 Å². The third kappa shape index (κ3) is 4.46. The Labute approximate surface area is 423 Å². The summed E-state index contributed by atoms with van der Waals surface area (Å²) in [5, 5.41) is 9.95. The largest absolute Gasteiger partial charge is 0.458 e. The van der Waals surface area contributed by atoms with Crippen molar-refractivity contribution in [3.8, 4) is 45.7 Å². The lowest BCUT2D eigenvalue weighted by atomic mass is 9.34. The number of benzene rings is 11. The van der Waals surface area contributed by atoms with Gasteiger partial charge in [-0.2, -0.15) is 0 Å². The van der Waals surface area contributed by atoms with Crippen molar-refractivity contribution in [1.29, 1.82) is 0 Å². The van der Waals surface area contributed by atoms with Gasteiger partial charge in [0.25, 0.3) is 13.4 Å². The van der Waals surface area contributed by atoms with Gasteiger partial charge in [0, 0.05) is 77.6 Å². The fourth-order valence-corrected chi connectivity index (χ4v) is 14.5. The van der Waals surface area contributed by atoms with E-state index in [0.29, 0.717) is 0 Å². The molecule has 11 aromatic carbocycles. The Morgan fingerprint density at radius 2 is 0.622 bits per heavy atom. The lowest BCUT2D eigenvalue weighted by molar-refractivity contribution is 0.486. The lowest BCUT2D eigenvalue weighted by Gasteiger charge is -2.34. The Hall–Kier alpha value is -9.65. The van der Waals surface area contributed by atoms with Gasteiger partial charge >= 0.3 is 0 Å². The van der Waals surface area contributed by atoms with Crippen LogP contribution >= 0.6 is 0 Å². The molecule has 8 heteroatoms. The van der Waals surface area contributed by atoms with Crippen LogP contribution in [0.5, 0.6) is 23.0 Å². The van der Waals surface area contributed by atoms with Crippen molar-refractivity contribution < 1.29 is 9.47 Å². The van der Waals surface area contributed by atoms with Gasteiger partial charge in [-0.1, -0.05) is 146 Å². The summed E-state index contributed by atoms with van der Waals surface area (Å²) < 4.78 is 24.2. The van der Waals surface area contributed by atoms with Crippen molar-refractivity contribution in [2.75, 3.05) is 0 Å². The third-order valence-electron chi connectivity index (χ3n) is 17.2. The van der Waals surface area contributed by atoms with Crippen LogP contribution in [0.15, 0.2) is 218 Å². The van der Waals surface area contributed by atoms with E-state index in [4.69, 9.17) is 9.47 Å². The van der Waals surface area contributed by atoms with Crippen LogP contribution < -0.4 is 42.3 Å². The van der Waals surface area contributed by atoms with E-state index in [1.165, 1.54) is 120 Å². The summed E-state index contributed by atoms with van der Waals surface area (Å²) >= 11 is 0. The topological polar surface area (TPSA) is 38.2 Å². The first-order valence-electron chi connectivity index (χ1n) is 25.7. The van der Waals surface area contributed by atoms with Crippen LogP contribution in [0.25, 0.3) is 110 Å². The Morgan fingerprint density at radius 3 is 1.04 bits per heavy atom. The van der Waals surface area contributed by atoms with E-state index < -0.39 is 0 Å². The van der Waals surface area contributed by atoms with Crippen molar-refractivity contribution in [2.45, 2.75) is 0 Å². The number of rotatable bonds is 2. The van der Waals surface area contributed by atoms with E-state index >= 15 is 0 Å². The molecule has 0 radical (unpaired) electrons. The zero-order chi connectivity index (χ0) is 47.7. The minimum Gasteiger partial charge on any atom is -0.458 e. The second-order valence-electron chi connectivity index (χ2n) is 20.7. The molecule has 15 aromatic rings. The highest BCUT2D eigenvalue weighted by Gasteiger charge is 2.44. The fraction of sp³-hybridized carbons (Fsp3) is 0. The number of fused-ring (bicyclic) bond motifs is 21. The maximum atomic E-state index is 7.09. The molecule has 4 aliphatic rings. The summed E-state index contributed by atoms with van der Waals surface area (Å²) in [6.07, 6.45) is 0. The van der Waals surface area contributed by atoms with Crippen LogP contribution in [-0.4, -0.2) is 31.7 Å². The molecule has 6 nitrogen and oxygen atoms in total. The number of aromatic nitrogens is 4. The summed E-state index contributed by atoms with van der Waals surface area (Å²) in [6, 6.07) is 80.6. The Morgan fingerprint density at radius 1 is 0.270 bits per heavy atom. The monoisotopic (exact) mass is 938 g/mol. The van der Waals surface area contributed by atoms with Gasteiger partial charge in [-0.05, 0) is 93.4 Å².